The van der Waals surface area contributed by atoms with Gasteiger partial charge in [-0.05, 0) is 29.1 Å². The van der Waals surface area contributed by atoms with Crippen LogP contribution in [0.3, 0.4) is 0 Å². The van der Waals surface area contributed by atoms with Crippen LogP contribution in [0.5, 0.6) is 0 Å². The highest BCUT2D eigenvalue weighted by atomic mass is 35.5. The van der Waals surface area contributed by atoms with E-state index in [-0.39, 0.29) is 11.0 Å². The quantitative estimate of drug-likeness (QED) is 0.681. The van der Waals surface area contributed by atoms with Crippen molar-refractivity contribution in [3.8, 4) is 11.3 Å². The highest BCUT2D eigenvalue weighted by molar-refractivity contribution is 6.28. The molecule has 0 fully saturated rings. The zero-order valence-corrected chi connectivity index (χ0v) is 10.6. The molecule has 0 saturated carbocycles. The number of halogens is 4. The summed E-state index contributed by atoms with van der Waals surface area (Å²) in [4.78, 5) is 10.1. The van der Waals surface area contributed by atoms with E-state index in [9.17, 15) is 13.2 Å². The van der Waals surface area contributed by atoms with Crippen molar-refractivity contribution in [2.75, 3.05) is 0 Å². The Hall–Kier alpha value is -2.08. The molecule has 3 aromatic rings. The Morgan fingerprint density at radius 3 is 2.70 bits per heavy atom. The first-order valence-electron chi connectivity index (χ1n) is 5.62. The molecular weight excluding hydrogens is 291 g/mol. The van der Waals surface area contributed by atoms with Gasteiger partial charge in [0.05, 0.1) is 5.69 Å². The van der Waals surface area contributed by atoms with Crippen LogP contribution in [0.2, 0.25) is 5.28 Å². The van der Waals surface area contributed by atoms with Crippen LogP contribution in [0.25, 0.3) is 22.2 Å². The molecule has 0 aliphatic heterocycles. The van der Waals surface area contributed by atoms with E-state index in [2.05, 4.69) is 15.0 Å². The number of nitrogens with zero attached hydrogens (tertiary/aromatic N) is 2. The van der Waals surface area contributed by atoms with Crippen molar-refractivity contribution < 1.29 is 13.2 Å². The second kappa shape index (κ2) is 4.49. The minimum absolute atomic E-state index is 0.223. The van der Waals surface area contributed by atoms with Crippen molar-refractivity contribution in [3.05, 3.63) is 47.5 Å². The number of H-pyrrole nitrogens is 1. The van der Waals surface area contributed by atoms with Gasteiger partial charge in [-0.2, -0.15) is 13.2 Å². The van der Waals surface area contributed by atoms with Gasteiger partial charge in [-0.15, -0.1) is 0 Å². The first-order chi connectivity index (χ1) is 9.45. The fourth-order valence-corrected chi connectivity index (χ4v) is 2.12. The van der Waals surface area contributed by atoms with Crippen molar-refractivity contribution in [2.24, 2.45) is 0 Å². The summed E-state index contributed by atoms with van der Waals surface area (Å²) in [5.74, 6) is 0. The third-order valence-electron chi connectivity index (χ3n) is 2.89. The molecule has 20 heavy (non-hydrogen) atoms. The predicted molar refractivity (Wildman–Crippen MR) is 69.3 cm³/mol. The molecule has 3 rings (SSSR count). The number of rotatable bonds is 1. The number of hydrogen-bond donors (Lipinski definition) is 1. The summed E-state index contributed by atoms with van der Waals surface area (Å²) in [6.45, 7) is 0. The van der Waals surface area contributed by atoms with Crippen molar-refractivity contribution in [1.29, 1.82) is 0 Å². The summed E-state index contributed by atoms with van der Waals surface area (Å²) < 4.78 is 39.0. The fourth-order valence-electron chi connectivity index (χ4n) is 1.98. The fraction of sp³-hybridized carbons (Fsp3) is 0.0769. The van der Waals surface area contributed by atoms with Gasteiger partial charge in [-0.1, -0.05) is 12.1 Å². The van der Waals surface area contributed by atoms with E-state index in [0.29, 0.717) is 11.8 Å². The van der Waals surface area contributed by atoms with Crippen molar-refractivity contribution in [3.63, 3.8) is 0 Å². The standard InChI is InChI=1S/C13H7ClF3N3/c14-12-19-6-9(13(15,16)17)11(20-12)8-2-1-7-3-4-18-10(7)5-8/h1-6,18H. The van der Waals surface area contributed by atoms with Gasteiger partial charge in [-0.25, -0.2) is 9.97 Å². The summed E-state index contributed by atoms with van der Waals surface area (Å²) in [5, 5.41) is 0.682. The van der Waals surface area contributed by atoms with Crippen LogP contribution in [0, 0.1) is 0 Å². The molecule has 0 amide bonds. The van der Waals surface area contributed by atoms with E-state index in [1.807, 2.05) is 6.07 Å². The third kappa shape index (κ3) is 2.22. The molecule has 0 saturated heterocycles. The first kappa shape index (κ1) is 12.9. The SMILES string of the molecule is FC(F)(F)c1cnc(Cl)nc1-c1ccc2cc[nH]c2c1. The van der Waals surface area contributed by atoms with Gasteiger partial charge in [0, 0.05) is 23.5 Å². The maximum absolute atomic E-state index is 13.0. The lowest BCUT2D eigenvalue weighted by Gasteiger charge is -2.11. The van der Waals surface area contributed by atoms with E-state index in [0.717, 1.165) is 10.9 Å². The van der Waals surface area contributed by atoms with Crippen LogP contribution >= 0.6 is 11.6 Å². The Kier molecular flexibility index (Phi) is 2.90. The van der Waals surface area contributed by atoms with Gasteiger partial charge in [0.15, 0.2) is 0 Å². The molecule has 0 unspecified atom stereocenters. The average molecular weight is 298 g/mol. The monoisotopic (exact) mass is 297 g/mol. The van der Waals surface area contributed by atoms with Gasteiger partial charge >= 0.3 is 6.18 Å². The number of hydrogen-bond acceptors (Lipinski definition) is 2. The van der Waals surface area contributed by atoms with E-state index >= 15 is 0 Å². The van der Waals surface area contributed by atoms with E-state index < -0.39 is 11.7 Å². The Labute approximate surface area is 116 Å². The van der Waals surface area contributed by atoms with Crippen LogP contribution in [0.1, 0.15) is 5.56 Å². The summed E-state index contributed by atoms with van der Waals surface area (Å²) in [7, 11) is 0. The Balaban J connectivity index is 2.24. The third-order valence-corrected chi connectivity index (χ3v) is 3.08. The molecule has 1 N–H and O–H groups in total. The minimum atomic E-state index is -4.54. The van der Waals surface area contributed by atoms with Crippen molar-refractivity contribution >= 4 is 22.5 Å². The number of aromatic nitrogens is 3. The number of fused-ring (bicyclic) bond motifs is 1. The van der Waals surface area contributed by atoms with Crippen molar-refractivity contribution in [2.45, 2.75) is 6.18 Å². The first-order valence-corrected chi connectivity index (χ1v) is 6.00. The summed E-state index contributed by atoms with van der Waals surface area (Å²) in [5.41, 5.74) is -0.0799. The average Bonchev–Trinajstić information content (AvgIpc) is 2.84. The Morgan fingerprint density at radius 2 is 1.95 bits per heavy atom. The number of aromatic amines is 1. The number of benzene rings is 1. The molecule has 3 nitrogen and oxygen atoms in total. The largest absolute Gasteiger partial charge is 0.419 e. The lowest BCUT2D eigenvalue weighted by molar-refractivity contribution is -0.137. The molecule has 102 valence electrons. The molecule has 0 radical (unpaired) electrons. The van der Waals surface area contributed by atoms with E-state index in [1.165, 1.54) is 0 Å². The van der Waals surface area contributed by atoms with Gasteiger partial charge in [0.2, 0.25) is 5.28 Å². The van der Waals surface area contributed by atoms with Crippen LogP contribution in [0.4, 0.5) is 13.2 Å². The van der Waals surface area contributed by atoms with Crippen LogP contribution in [-0.4, -0.2) is 15.0 Å². The second-order valence-electron chi connectivity index (χ2n) is 4.18. The molecule has 2 aromatic heterocycles. The highest BCUT2D eigenvalue weighted by Gasteiger charge is 2.35. The molecule has 7 heteroatoms. The lowest BCUT2D eigenvalue weighted by Crippen LogP contribution is -2.09. The van der Waals surface area contributed by atoms with Crippen LogP contribution in [-0.2, 0) is 6.18 Å². The van der Waals surface area contributed by atoms with Gasteiger partial charge in [-0.3, -0.25) is 0 Å². The van der Waals surface area contributed by atoms with Gasteiger partial charge in [0.1, 0.15) is 5.56 Å². The second-order valence-corrected chi connectivity index (χ2v) is 4.52. The lowest BCUT2D eigenvalue weighted by atomic mass is 10.1. The molecule has 0 bridgehead atoms. The van der Waals surface area contributed by atoms with Crippen LogP contribution < -0.4 is 0 Å². The Morgan fingerprint density at radius 1 is 1.15 bits per heavy atom. The van der Waals surface area contributed by atoms with Crippen molar-refractivity contribution in [1.82, 2.24) is 15.0 Å². The molecule has 0 atom stereocenters. The topological polar surface area (TPSA) is 41.6 Å². The molecule has 0 aliphatic rings. The summed E-state index contributed by atoms with van der Waals surface area (Å²) in [6, 6.07) is 6.72. The number of nitrogens with one attached hydrogen (secondary N) is 1. The number of alkyl halides is 3. The maximum Gasteiger partial charge on any atom is 0.419 e. The van der Waals surface area contributed by atoms with Gasteiger partial charge < -0.3 is 4.98 Å². The predicted octanol–water partition coefficient (Wildman–Crippen LogP) is 4.30. The molecular formula is C13H7ClF3N3. The Bertz CT molecular complexity index is 780. The summed E-state index contributed by atoms with van der Waals surface area (Å²) in [6.07, 6.45) is -2.12. The molecule has 0 spiro atoms. The molecule has 0 aliphatic carbocycles. The highest BCUT2D eigenvalue weighted by Crippen LogP contribution is 2.36. The van der Waals surface area contributed by atoms with E-state index in [4.69, 9.17) is 11.6 Å². The smallest absolute Gasteiger partial charge is 0.361 e. The van der Waals surface area contributed by atoms with E-state index in [1.54, 1.807) is 24.4 Å². The van der Waals surface area contributed by atoms with Crippen LogP contribution in [0.15, 0.2) is 36.7 Å². The normalized spacial score (nSPS) is 12.0. The maximum atomic E-state index is 13.0. The summed E-state index contributed by atoms with van der Waals surface area (Å²) >= 11 is 5.62. The van der Waals surface area contributed by atoms with Gasteiger partial charge in [0.25, 0.3) is 0 Å². The zero-order chi connectivity index (χ0) is 14.3. The molecule has 1 aromatic carbocycles. The minimum Gasteiger partial charge on any atom is -0.361 e. The zero-order valence-electron chi connectivity index (χ0n) is 9.87. The molecule has 2 heterocycles.